The van der Waals surface area contributed by atoms with Gasteiger partial charge in [-0.15, -0.1) is 11.6 Å². The smallest absolute Gasteiger partial charge is 0.0936 e. The molecule has 3 heteroatoms. The molecule has 10 heavy (non-hydrogen) atoms. The summed E-state index contributed by atoms with van der Waals surface area (Å²) in [4.78, 5) is 0. The quantitative estimate of drug-likeness (QED) is 0.343. The molecule has 1 rings (SSSR count). The predicted octanol–water partition coefficient (Wildman–Crippen LogP) is 1.72. The monoisotopic (exact) mass is 160 g/mol. The topological polar surface area (TPSA) is 49.9 Å². The van der Waals surface area contributed by atoms with Gasteiger partial charge in [0, 0.05) is 11.3 Å². The van der Waals surface area contributed by atoms with Crippen molar-refractivity contribution in [1.29, 1.82) is 5.41 Å². The first-order valence-corrected chi connectivity index (χ1v) is 4.11. The van der Waals surface area contributed by atoms with E-state index >= 15 is 0 Å². The highest BCUT2D eigenvalue weighted by atomic mass is 35.5. The highest BCUT2D eigenvalue weighted by Gasteiger charge is 2.20. The molecule has 1 fully saturated rings. The van der Waals surface area contributed by atoms with E-state index in [2.05, 4.69) is 0 Å². The van der Waals surface area contributed by atoms with Crippen LogP contribution >= 0.6 is 11.6 Å². The van der Waals surface area contributed by atoms with Crippen LogP contribution in [0.2, 0.25) is 0 Å². The summed E-state index contributed by atoms with van der Waals surface area (Å²) >= 11 is 5.88. The minimum absolute atomic E-state index is 0.315. The number of halogens is 1. The van der Waals surface area contributed by atoms with E-state index in [9.17, 15) is 0 Å². The van der Waals surface area contributed by atoms with Gasteiger partial charge in [-0.2, -0.15) is 0 Å². The number of amidine groups is 1. The van der Waals surface area contributed by atoms with Crippen molar-refractivity contribution in [3.63, 3.8) is 0 Å². The van der Waals surface area contributed by atoms with Gasteiger partial charge in [0.2, 0.25) is 0 Å². The van der Waals surface area contributed by atoms with Crippen molar-refractivity contribution >= 4 is 17.4 Å². The highest BCUT2D eigenvalue weighted by molar-refractivity contribution is 6.20. The number of hydrogen-bond donors (Lipinski definition) is 2. The van der Waals surface area contributed by atoms with Gasteiger partial charge in [-0.05, 0) is 25.7 Å². The van der Waals surface area contributed by atoms with Crippen LogP contribution in [0.15, 0.2) is 0 Å². The molecule has 1 saturated carbocycles. The van der Waals surface area contributed by atoms with Gasteiger partial charge in [-0.3, -0.25) is 5.41 Å². The lowest BCUT2D eigenvalue weighted by molar-refractivity contribution is 0.441. The summed E-state index contributed by atoms with van der Waals surface area (Å²) in [5, 5.41) is 7.52. The first kappa shape index (κ1) is 7.86. The third kappa shape index (κ3) is 1.87. The first-order chi connectivity index (χ1) is 4.70. The molecule has 58 valence electrons. The molecule has 2 nitrogen and oxygen atoms in total. The van der Waals surface area contributed by atoms with Gasteiger partial charge >= 0.3 is 0 Å². The third-order valence-electron chi connectivity index (χ3n) is 2.10. The Morgan fingerprint density at radius 2 is 1.80 bits per heavy atom. The molecule has 0 aliphatic heterocycles. The van der Waals surface area contributed by atoms with Crippen molar-refractivity contribution in [1.82, 2.24) is 0 Å². The molecule has 3 N–H and O–H groups in total. The average molecular weight is 161 g/mol. The second-order valence-electron chi connectivity index (χ2n) is 2.90. The average Bonchev–Trinajstić information content (AvgIpc) is 1.88. The molecule has 0 aromatic carbocycles. The van der Waals surface area contributed by atoms with E-state index in [0.29, 0.717) is 17.1 Å². The second kappa shape index (κ2) is 3.24. The molecule has 1 aliphatic rings. The Bertz CT molecular complexity index is 128. The molecule has 0 aromatic heterocycles. The summed E-state index contributed by atoms with van der Waals surface area (Å²) in [7, 11) is 0. The molecule has 0 bridgehead atoms. The fourth-order valence-electron chi connectivity index (χ4n) is 1.36. The predicted molar refractivity (Wildman–Crippen MR) is 43.5 cm³/mol. The molecule has 0 heterocycles. The van der Waals surface area contributed by atoms with Crippen LogP contribution in [0.1, 0.15) is 25.7 Å². The lowest BCUT2D eigenvalue weighted by atomic mass is 9.88. The molecule has 0 unspecified atom stereocenters. The van der Waals surface area contributed by atoms with Crippen LogP contribution in [-0.4, -0.2) is 11.2 Å². The summed E-state index contributed by atoms with van der Waals surface area (Å²) in [5.74, 6) is 0.651. The van der Waals surface area contributed by atoms with Crippen LogP contribution in [0.3, 0.4) is 0 Å². The summed E-state index contributed by atoms with van der Waals surface area (Å²) in [6.07, 6.45) is 4.05. The lowest BCUT2D eigenvalue weighted by Crippen LogP contribution is -2.27. The zero-order valence-corrected chi connectivity index (χ0v) is 6.69. The lowest BCUT2D eigenvalue weighted by Gasteiger charge is -2.23. The molecule has 0 aromatic rings. The van der Waals surface area contributed by atoms with Crippen molar-refractivity contribution in [2.24, 2.45) is 11.7 Å². The molecule has 1 aliphatic carbocycles. The van der Waals surface area contributed by atoms with Crippen LogP contribution in [0.25, 0.3) is 0 Å². The first-order valence-electron chi connectivity index (χ1n) is 3.68. The van der Waals surface area contributed by atoms with Crippen molar-refractivity contribution in [2.45, 2.75) is 31.1 Å². The summed E-state index contributed by atoms with van der Waals surface area (Å²) in [5.41, 5.74) is 5.35. The minimum atomic E-state index is 0.315. The van der Waals surface area contributed by atoms with Crippen molar-refractivity contribution in [3.8, 4) is 0 Å². The number of nitrogens with one attached hydrogen (secondary N) is 1. The number of rotatable bonds is 1. The van der Waals surface area contributed by atoms with E-state index in [4.69, 9.17) is 22.7 Å². The van der Waals surface area contributed by atoms with Crippen molar-refractivity contribution in [3.05, 3.63) is 0 Å². The number of alkyl halides is 1. The third-order valence-corrected chi connectivity index (χ3v) is 2.53. The minimum Gasteiger partial charge on any atom is -0.387 e. The van der Waals surface area contributed by atoms with E-state index in [-0.39, 0.29) is 0 Å². The Hall–Kier alpha value is -0.240. The summed E-state index contributed by atoms with van der Waals surface area (Å²) < 4.78 is 0. The Labute approximate surface area is 66.3 Å². The van der Waals surface area contributed by atoms with Crippen LogP contribution < -0.4 is 5.73 Å². The van der Waals surface area contributed by atoms with Crippen LogP contribution in [0.5, 0.6) is 0 Å². The molecule has 0 radical (unpaired) electrons. The van der Waals surface area contributed by atoms with Crippen LogP contribution in [0, 0.1) is 11.3 Å². The van der Waals surface area contributed by atoms with Gasteiger partial charge in [-0.25, -0.2) is 0 Å². The number of nitrogens with two attached hydrogens (primary N) is 1. The Morgan fingerprint density at radius 1 is 1.30 bits per heavy atom. The largest absolute Gasteiger partial charge is 0.387 e. The van der Waals surface area contributed by atoms with Gasteiger partial charge in [0.25, 0.3) is 0 Å². The van der Waals surface area contributed by atoms with E-state index < -0.39 is 0 Å². The molecular formula is C7H13ClN2. The van der Waals surface area contributed by atoms with Gasteiger partial charge in [0.15, 0.2) is 0 Å². The fourth-order valence-corrected chi connectivity index (χ4v) is 1.62. The molecule has 0 saturated heterocycles. The zero-order chi connectivity index (χ0) is 7.56. The van der Waals surface area contributed by atoms with E-state index in [1.807, 2.05) is 0 Å². The van der Waals surface area contributed by atoms with Gasteiger partial charge in [0.1, 0.15) is 0 Å². The van der Waals surface area contributed by atoms with E-state index in [1.54, 1.807) is 0 Å². The Balaban J connectivity index is 2.33. The number of hydrogen-bond acceptors (Lipinski definition) is 1. The normalized spacial score (nSPS) is 33.7. The maximum Gasteiger partial charge on any atom is 0.0936 e. The zero-order valence-electron chi connectivity index (χ0n) is 5.94. The maximum absolute atomic E-state index is 7.19. The van der Waals surface area contributed by atoms with Gasteiger partial charge < -0.3 is 5.73 Å². The van der Waals surface area contributed by atoms with Gasteiger partial charge in [0.05, 0.1) is 5.84 Å². The summed E-state index contributed by atoms with van der Waals surface area (Å²) in [6, 6.07) is 0. The molecule has 0 atom stereocenters. The van der Waals surface area contributed by atoms with Crippen molar-refractivity contribution < 1.29 is 0 Å². The van der Waals surface area contributed by atoms with Crippen LogP contribution in [-0.2, 0) is 0 Å². The summed E-state index contributed by atoms with van der Waals surface area (Å²) in [6.45, 7) is 0. The molecular weight excluding hydrogens is 148 g/mol. The second-order valence-corrected chi connectivity index (χ2v) is 3.52. The van der Waals surface area contributed by atoms with Gasteiger partial charge in [-0.1, -0.05) is 0 Å². The van der Waals surface area contributed by atoms with E-state index in [1.165, 1.54) is 0 Å². The fraction of sp³-hybridized carbons (Fsp3) is 0.857. The van der Waals surface area contributed by atoms with E-state index in [0.717, 1.165) is 25.7 Å². The SMILES string of the molecule is N=C(N)C1CCC(Cl)CC1. The molecule has 0 amide bonds. The Morgan fingerprint density at radius 3 is 2.20 bits per heavy atom. The highest BCUT2D eigenvalue weighted by Crippen LogP contribution is 2.26. The maximum atomic E-state index is 7.19. The molecule has 0 spiro atoms. The van der Waals surface area contributed by atoms with Crippen LogP contribution in [0.4, 0.5) is 0 Å². The standard InChI is InChI=1S/C7H13ClN2/c8-6-3-1-5(2-4-6)7(9)10/h5-6H,1-4H2,(H3,9,10). The Kier molecular flexibility index (Phi) is 2.55. The van der Waals surface area contributed by atoms with Crippen molar-refractivity contribution in [2.75, 3.05) is 0 Å².